The molecule has 0 aromatic heterocycles. The Morgan fingerprint density at radius 3 is 2.28 bits per heavy atom. The second-order valence-electron chi connectivity index (χ2n) is 8.64. The highest BCUT2D eigenvalue weighted by Gasteiger charge is 2.52. The number of benzene rings is 2. The van der Waals surface area contributed by atoms with Crippen LogP contribution in [0.4, 0.5) is 0 Å². The number of nitrogens with one attached hydrogen (secondary N) is 1. The fourth-order valence-corrected chi connectivity index (χ4v) is 4.34. The lowest BCUT2D eigenvalue weighted by Crippen LogP contribution is -2.44. The minimum Gasteiger partial charge on any atom is -0.343 e. The van der Waals surface area contributed by atoms with Crippen LogP contribution in [0.5, 0.6) is 0 Å². The van der Waals surface area contributed by atoms with Crippen molar-refractivity contribution in [1.29, 1.82) is 0 Å². The van der Waals surface area contributed by atoms with Crippen molar-refractivity contribution >= 4 is 18.0 Å². The third kappa shape index (κ3) is 4.31. The van der Waals surface area contributed by atoms with Gasteiger partial charge in [-0.15, -0.1) is 0 Å². The van der Waals surface area contributed by atoms with Gasteiger partial charge >= 0.3 is 5.91 Å². The van der Waals surface area contributed by atoms with Gasteiger partial charge in [0.2, 0.25) is 6.04 Å². The molecule has 1 saturated carbocycles. The molecule has 2 aromatic rings. The first-order chi connectivity index (χ1) is 14.0. The molecule has 4 heteroatoms. The highest BCUT2D eigenvalue weighted by atomic mass is 16.2. The molecule has 2 aliphatic rings. The Balaban J connectivity index is 1.58. The van der Waals surface area contributed by atoms with E-state index in [1.54, 1.807) is 4.58 Å². The summed E-state index contributed by atoms with van der Waals surface area (Å²) in [6.45, 7) is 4.19. The van der Waals surface area contributed by atoms with Gasteiger partial charge in [-0.1, -0.05) is 74.5 Å². The third-order valence-electron chi connectivity index (χ3n) is 5.98. The Bertz CT molecular complexity index is 905. The smallest absolute Gasteiger partial charge is 0.343 e. The fourth-order valence-electron chi connectivity index (χ4n) is 4.34. The number of carbonyl (C=O) groups excluding carboxylic acids is 2. The Labute approximate surface area is 172 Å². The zero-order chi connectivity index (χ0) is 20.4. The normalized spacial score (nSPS) is 26.4. The molecule has 0 bridgehead atoms. The minimum atomic E-state index is -0.437. The van der Waals surface area contributed by atoms with Crippen LogP contribution >= 0.6 is 0 Å². The Kier molecular flexibility index (Phi) is 5.61. The summed E-state index contributed by atoms with van der Waals surface area (Å²) >= 11 is 0. The van der Waals surface area contributed by atoms with Crippen LogP contribution in [0.1, 0.15) is 56.2 Å². The average molecular weight is 390 g/mol. The first-order valence-corrected chi connectivity index (χ1v) is 10.6. The molecule has 1 heterocycles. The maximum atomic E-state index is 13.4. The largest absolute Gasteiger partial charge is 0.391 e. The van der Waals surface area contributed by atoms with Gasteiger partial charge in [0.1, 0.15) is 0 Å². The molecular formula is C25H29N2O2+. The first-order valence-electron chi connectivity index (χ1n) is 10.6. The lowest BCUT2D eigenvalue weighted by Gasteiger charge is -2.17. The molecule has 1 fully saturated rings. The van der Waals surface area contributed by atoms with Gasteiger partial charge in [-0.2, -0.15) is 4.58 Å². The average Bonchev–Trinajstić information content (AvgIpc) is 3.54. The monoisotopic (exact) mass is 389 g/mol. The van der Waals surface area contributed by atoms with E-state index in [2.05, 4.69) is 31.3 Å². The number of nitrogens with zero attached hydrogens (tertiary/aromatic N) is 1. The van der Waals surface area contributed by atoms with Crippen LogP contribution in [0.15, 0.2) is 60.7 Å². The number of rotatable bonds is 5. The van der Waals surface area contributed by atoms with E-state index in [1.807, 2.05) is 54.7 Å². The summed E-state index contributed by atoms with van der Waals surface area (Å²) in [5.74, 6) is 0.615. The van der Waals surface area contributed by atoms with Gasteiger partial charge in [-0.3, -0.25) is 4.79 Å². The number of hydrogen-bond acceptors (Lipinski definition) is 2. The van der Waals surface area contributed by atoms with E-state index in [0.29, 0.717) is 18.8 Å². The molecule has 0 radical (unpaired) electrons. The Morgan fingerprint density at radius 2 is 1.66 bits per heavy atom. The van der Waals surface area contributed by atoms with Gasteiger partial charge in [0.05, 0.1) is 12.0 Å². The van der Waals surface area contributed by atoms with Crippen molar-refractivity contribution in [3.05, 3.63) is 71.8 Å². The van der Waals surface area contributed by atoms with Crippen molar-refractivity contribution in [2.45, 2.75) is 51.1 Å². The van der Waals surface area contributed by atoms with E-state index < -0.39 is 6.04 Å². The van der Waals surface area contributed by atoms with Crippen molar-refractivity contribution in [3.63, 3.8) is 0 Å². The van der Waals surface area contributed by atoms with Gasteiger partial charge in [-0.05, 0) is 23.5 Å². The Hall–Kier alpha value is -2.75. The van der Waals surface area contributed by atoms with Crippen molar-refractivity contribution in [2.24, 2.45) is 11.8 Å². The van der Waals surface area contributed by atoms with Crippen molar-refractivity contribution < 1.29 is 14.2 Å². The summed E-state index contributed by atoms with van der Waals surface area (Å²) in [5.41, 5.74) is 2.29. The van der Waals surface area contributed by atoms with Gasteiger partial charge < -0.3 is 5.32 Å². The van der Waals surface area contributed by atoms with E-state index in [0.717, 1.165) is 12.0 Å². The van der Waals surface area contributed by atoms with Crippen LogP contribution < -0.4 is 5.32 Å². The molecule has 4 unspecified atom stereocenters. The molecule has 2 amide bonds. The lowest BCUT2D eigenvalue weighted by atomic mass is 10.0. The van der Waals surface area contributed by atoms with Gasteiger partial charge in [0.15, 0.2) is 6.21 Å². The van der Waals surface area contributed by atoms with E-state index in [4.69, 9.17) is 0 Å². The molecule has 29 heavy (non-hydrogen) atoms. The summed E-state index contributed by atoms with van der Waals surface area (Å²) in [6.07, 6.45) is 4.12. The van der Waals surface area contributed by atoms with Crippen LogP contribution in [0.25, 0.3) is 0 Å². The number of carbonyl (C=O) groups is 2. The second kappa shape index (κ2) is 8.32. The summed E-state index contributed by atoms with van der Waals surface area (Å²) in [5, 5.41) is 3.17. The molecule has 1 aliphatic heterocycles. The molecule has 4 atom stereocenters. The molecule has 0 saturated heterocycles. The predicted octanol–water partition coefficient (Wildman–Crippen LogP) is 4.08. The lowest BCUT2D eigenvalue weighted by molar-refractivity contribution is -0.475. The highest BCUT2D eigenvalue weighted by molar-refractivity contribution is 5.87. The van der Waals surface area contributed by atoms with E-state index in [-0.39, 0.29) is 29.7 Å². The molecule has 1 aliphatic carbocycles. The molecule has 1 N–H and O–H groups in total. The molecule has 4 rings (SSSR count). The third-order valence-corrected chi connectivity index (χ3v) is 5.98. The van der Waals surface area contributed by atoms with Crippen LogP contribution in [-0.2, 0) is 9.59 Å². The van der Waals surface area contributed by atoms with Crippen LogP contribution in [0.2, 0.25) is 0 Å². The number of hydrogen-bond donors (Lipinski definition) is 1. The Morgan fingerprint density at radius 1 is 1.03 bits per heavy atom. The van der Waals surface area contributed by atoms with Crippen LogP contribution in [-0.4, -0.2) is 28.6 Å². The predicted molar refractivity (Wildman–Crippen MR) is 114 cm³/mol. The molecular weight excluding hydrogens is 360 g/mol. The summed E-state index contributed by atoms with van der Waals surface area (Å²) in [6, 6.07) is 19.7. The topological polar surface area (TPSA) is 49.2 Å². The van der Waals surface area contributed by atoms with Crippen molar-refractivity contribution in [3.8, 4) is 0 Å². The zero-order valence-electron chi connectivity index (χ0n) is 17.1. The van der Waals surface area contributed by atoms with Gasteiger partial charge in [-0.25, -0.2) is 4.79 Å². The van der Waals surface area contributed by atoms with Crippen LogP contribution in [0, 0.1) is 11.8 Å². The first kappa shape index (κ1) is 19.6. The quantitative estimate of drug-likeness (QED) is 0.784. The summed E-state index contributed by atoms with van der Waals surface area (Å²) in [7, 11) is 0. The minimum absolute atomic E-state index is 0.0237. The molecule has 150 valence electrons. The fraction of sp³-hybridized carbons (Fsp3) is 0.400. The number of amides is 2. The molecule has 4 nitrogen and oxygen atoms in total. The summed E-state index contributed by atoms with van der Waals surface area (Å²) in [4.78, 5) is 26.5. The second-order valence-corrected chi connectivity index (χ2v) is 8.64. The maximum absolute atomic E-state index is 13.4. The van der Waals surface area contributed by atoms with E-state index in [9.17, 15) is 9.59 Å². The summed E-state index contributed by atoms with van der Waals surface area (Å²) < 4.78 is 1.76. The highest BCUT2D eigenvalue weighted by Crippen LogP contribution is 2.48. The van der Waals surface area contributed by atoms with Crippen LogP contribution in [0.3, 0.4) is 0 Å². The van der Waals surface area contributed by atoms with E-state index >= 15 is 0 Å². The standard InChI is InChI=1S/C25H28N2O2/c1-17(2)15-23-24(28)26-22(19-11-7-4-8-12-19)13-14-27(23)25(29)21-16-20(21)18-9-5-3-6-10-18/h3-12,14,17,20-23H,13,15-16H2,1-2H3/p+1. The van der Waals surface area contributed by atoms with Gasteiger partial charge in [0.25, 0.3) is 5.91 Å². The molecule has 0 spiro atoms. The van der Waals surface area contributed by atoms with Gasteiger partial charge in [0, 0.05) is 18.8 Å². The molecule has 2 aromatic carbocycles. The maximum Gasteiger partial charge on any atom is 0.391 e. The SMILES string of the molecule is CC(C)CC1C(=O)NC(c2ccccc2)CC=[N+]1C(=O)C1CC1c1ccccc1. The van der Waals surface area contributed by atoms with Crippen molar-refractivity contribution in [1.82, 2.24) is 5.32 Å². The van der Waals surface area contributed by atoms with E-state index in [1.165, 1.54) is 5.56 Å². The zero-order valence-corrected chi connectivity index (χ0v) is 17.1. The van der Waals surface area contributed by atoms with Crippen molar-refractivity contribution in [2.75, 3.05) is 0 Å².